The highest BCUT2D eigenvalue weighted by Gasteiger charge is 2.59. The van der Waals surface area contributed by atoms with Crippen LogP contribution in [0.3, 0.4) is 0 Å². The lowest BCUT2D eigenvalue weighted by molar-refractivity contribution is -0.262. The average Bonchev–Trinajstić information content (AvgIpc) is 2.01. The molecule has 0 saturated carbocycles. The van der Waals surface area contributed by atoms with Gasteiger partial charge in [-0.1, -0.05) is 6.58 Å². The molecular weight excluding hydrogens is 322 g/mol. The van der Waals surface area contributed by atoms with E-state index < -0.39 is 21.3 Å². The number of hydrogen-bond acceptors (Lipinski definition) is 2. The lowest BCUT2D eigenvalue weighted by atomic mass is 10.1. The molecule has 0 aromatic rings. The van der Waals surface area contributed by atoms with Crippen LogP contribution in [0.1, 0.15) is 0 Å². The van der Waals surface area contributed by atoms with Crippen LogP contribution in [0, 0.1) is 0 Å². The Morgan fingerprint density at radius 1 is 1.29 bits per heavy atom. The Bertz CT molecular complexity index is 257. The summed E-state index contributed by atoms with van der Waals surface area (Å²) in [4.78, 5) is 0. The van der Waals surface area contributed by atoms with E-state index in [4.69, 9.17) is 5.84 Å². The van der Waals surface area contributed by atoms with E-state index in [1.165, 1.54) is 22.6 Å². The minimum absolute atomic E-state index is 0.396. The summed E-state index contributed by atoms with van der Waals surface area (Å²) in [6.07, 6.45) is -4.86. The third-order valence-corrected chi connectivity index (χ3v) is 2.20. The number of halogens is 6. The normalized spacial score (nSPS) is 14.1. The van der Waals surface area contributed by atoms with Crippen molar-refractivity contribution in [2.24, 2.45) is 5.84 Å². The molecule has 0 bridgehead atoms. The fourth-order valence-electron chi connectivity index (χ4n) is 0.481. The average molecular weight is 328 g/mol. The summed E-state index contributed by atoms with van der Waals surface area (Å²) in [6.45, 7) is 2.67. The van der Waals surface area contributed by atoms with Gasteiger partial charge in [-0.25, -0.2) is 0 Å². The first-order valence-corrected chi connectivity index (χ1v) is 4.18. The zero-order valence-corrected chi connectivity index (χ0v) is 8.79. The summed E-state index contributed by atoms with van der Waals surface area (Å²) in [7, 11) is 0. The van der Waals surface area contributed by atoms with E-state index in [2.05, 4.69) is 6.58 Å². The summed E-state index contributed by atoms with van der Waals surface area (Å²) in [5.74, 6) is -0.226. The summed E-state index contributed by atoms with van der Waals surface area (Å²) >= 11 is 1.27. The zero-order valence-electron chi connectivity index (χ0n) is 6.63. The standard InChI is InChI=1S/C6H6F5IN2/c1-3(4(12)2-14-13)5(7,8)6(9,10)11/h2,14H,1,13H2/b4-2+. The number of hydrogen-bond donors (Lipinski definition) is 2. The molecule has 0 spiro atoms. The molecule has 0 aliphatic carbocycles. The van der Waals surface area contributed by atoms with E-state index in [1.54, 1.807) is 0 Å². The van der Waals surface area contributed by atoms with Gasteiger partial charge in [0.2, 0.25) is 0 Å². The van der Waals surface area contributed by atoms with Gasteiger partial charge in [0.05, 0.1) is 0 Å². The van der Waals surface area contributed by atoms with Crippen molar-refractivity contribution in [3.05, 3.63) is 21.9 Å². The molecule has 0 aliphatic heterocycles. The Balaban J connectivity index is 4.95. The van der Waals surface area contributed by atoms with Crippen molar-refractivity contribution in [1.82, 2.24) is 5.43 Å². The third kappa shape index (κ3) is 2.80. The van der Waals surface area contributed by atoms with Crippen LogP contribution >= 0.6 is 22.6 Å². The van der Waals surface area contributed by atoms with Crippen LogP contribution in [-0.2, 0) is 0 Å². The minimum Gasteiger partial charge on any atom is -0.330 e. The van der Waals surface area contributed by atoms with Crippen LogP contribution in [0.4, 0.5) is 22.0 Å². The second-order valence-electron chi connectivity index (χ2n) is 2.21. The highest BCUT2D eigenvalue weighted by molar-refractivity contribution is 14.1. The lowest BCUT2D eigenvalue weighted by Gasteiger charge is -2.21. The molecule has 3 N–H and O–H groups in total. The van der Waals surface area contributed by atoms with Crippen LogP contribution in [0.15, 0.2) is 21.9 Å². The molecule has 0 radical (unpaired) electrons. The smallest absolute Gasteiger partial charge is 0.330 e. The van der Waals surface area contributed by atoms with Crippen molar-refractivity contribution < 1.29 is 22.0 Å². The maximum atomic E-state index is 12.6. The molecule has 0 unspecified atom stereocenters. The van der Waals surface area contributed by atoms with Gasteiger partial charge in [0.25, 0.3) is 0 Å². The topological polar surface area (TPSA) is 38.0 Å². The molecule has 14 heavy (non-hydrogen) atoms. The maximum Gasteiger partial charge on any atom is 0.458 e. The summed E-state index contributed by atoms with van der Waals surface area (Å²) < 4.78 is 60.1. The number of nitrogens with one attached hydrogen (secondary N) is 1. The van der Waals surface area contributed by atoms with Crippen molar-refractivity contribution in [1.29, 1.82) is 0 Å². The molecular formula is C6H6F5IN2. The molecule has 0 fully saturated rings. The number of hydrazine groups is 1. The number of rotatable bonds is 3. The fourth-order valence-corrected chi connectivity index (χ4v) is 1.000. The van der Waals surface area contributed by atoms with E-state index in [1.807, 2.05) is 5.43 Å². The number of allylic oxidation sites excluding steroid dienone is 2. The molecule has 2 nitrogen and oxygen atoms in total. The molecule has 0 rings (SSSR count). The Morgan fingerprint density at radius 2 is 1.71 bits per heavy atom. The van der Waals surface area contributed by atoms with Crippen molar-refractivity contribution in [3.63, 3.8) is 0 Å². The molecule has 0 saturated heterocycles. The third-order valence-electron chi connectivity index (χ3n) is 1.23. The summed E-state index contributed by atoms with van der Waals surface area (Å²) in [5, 5.41) is 0. The first kappa shape index (κ1) is 13.6. The molecule has 82 valence electrons. The SMILES string of the molecule is C=C(/C(I)=C\NN)C(F)(F)C(F)(F)F. The van der Waals surface area contributed by atoms with Crippen LogP contribution in [-0.4, -0.2) is 12.1 Å². The van der Waals surface area contributed by atoms with Gasteiger partial charge in [-0.3, -0.25) is 5.84 Å². The van der Waals surface area contributed by atoms with Gasteiger partial charge < -0.3 is 5.43 Å². The Kier molecular flexibility index (Phi) is 4.31. The van der Waals surface area contributed by atoms with E-state index >= 15 is 0 Å². The van der Waals surface area contributed by atoms with Crippen molar-refractivity contribution >= 4 is 22.6 Å². The number of nitrogens with two attached hydrogens (primary N) is 1. The van der Waals surface area contributed by atoms with E-state index in [0.717, 1.165) is 6.20 Å². The molecule has 0 aromatic heterocycles. The van der Waals surface area contributed by atoms with Crippen molar-refractivity contribution in [3.8, 4) is 0 Å². The van der Waals surface area contributed by atoms with Gasteiger partial charge in [0.15, 0.2) is 0 Å². The molecule has 0 heterocycles. The largest absolute Gasteiger partial charge is 0.458 e. The maximum absolute atomic E-state index is 12.6. The van der Waals surface area contributed by atoms with Crippen LogP contribution in [0.25, 0.3) is 0 Å². The Hall–Kier alpha value is -0.380. The zero-order chi connectivity index (χ0) is 11.6. The first-order valence-electron chi connectivity index (χ1n) is 3.10. The second kappa shape index (κ2) is 4.43. The highest BCUT2D eigenvalue weighted by Crippen LogP contribution is 2.43. The summed E-state index contributed by atoms with van der Waals surface area (Å²) in [5.41, 5.74) is 0.497. The van der Waals surface area contributed by atoms with E-state index in [9.17, 15) is 22.0 Å². The predicted octanol–water partition coefficient (Wildman–Crippen LogP) is 2.48. The first-order chi connectivity index (χ1) is 6.14. The monoisotopic (exact) mass is 328 g/mol. The van der Waals surface area contributed by atoms with E-state index in [0.29, 0.717) is 0 Å². The number of alkyl halides is 5. The van der Waals surface area contributed by atoms with Gasteiger partial charge in [0.1, 0.15) is 0 Å². The van der Waals surface area contributed by atoms with Gasteiger partial charge in [0, 0.05) is 15.4 Å². The minimum atomic E-state index is -5.65. The predicted molar refractivity (Wildman–Crippen MR) is 49.6 cm³/mol. The highest BCUT2D eigenvalue weighted by atomic mass is 127. The van der Waals surface area contributed by atoms with Crippen LogP contribution in [0.2, 0.25) is 0 Å². The molecule has 0 atom stereocenters. The van der Waals surface area contributed by atoms with Gasteiger partial charge in [-0.05, 0) is 22.6 Å². The Morgan fingerprint density at radius 3 is 2.00 bits per heavy atom. The van der Waals surface area contributed by atoms with Crippen LogP contribution < -0.4 is 11.3 Å². The van der Waals surface area contributed by atoms with Gasteiger partial charge in [-0.2, -0.15) is 22.0 Å². The summed E-state index contributed by atoms with van der Waals surface area (Å²) in [6, 6.07) is 0. The molecule has 0 aliphatic rings. The van der Waals surface area contributed by atoms with Crippen molar-refractivity contribution in [2.45, 2.75) is 12.1 Å². The molecule has 8 heteroatoms. The quantitative estimate of drug-likeness (QED) is 0.275. The van der Waals surface area contributed by atoms with Gasteiger partial charge in [-0.15, -0.1) is 0 Å². The van der Waals surface area contributed by atoms with Gasteiger partial charge >= 0.3 is 12.1 Å². The van der Waals surface area contributed by atoms with Crippen molar-refractivity contribution in [2.75, 3.05) is 0 Å². The lowest BCUT2D eigenvalue weighted by Crippen LogP contribution is -2.38. The van der Waals surface area contributed by atoms with E-state index in [-0.39, 0.29) is 0 Å². The molecule has 0 amide bonds. The fraction of sp³-hybridized carbons (Fsp3) is 0.333. The Labute approximate surface area is 90.1 Å². The van der Waals surface area contributed by atoms with Crippen LogP contribution in [0.5, 0.6) is 0 Å². The second-order valence-corrected chi connectivity index (χ2v) is 3.37. The molecule has 0 aromatic carbocycles.